The molecule has 1 aliphatic heterocycles. The number of benzene rings is 7. The highest BCUT2D eigenvalue weighted by Crippen LogP contribution is 2.40. The summed E-state index contributed by atoms with van der Waals surface area (Å²) in [5.74, 6) is 0.851. The van der Waals surface area contributed by atoms with Crippen LogP contribution in [0.4, 0.5) is 0 Å². The maximum absolute atomic E-state index is 7.23. The Labute approximate surface area is 439 Å². The largest absolute Gasteiger partial charge is 0.437 e. The van der Waals surface area contributed by atoms with Gasteiger partial charge in [0.05, 0.1) is 13.6 Å². The Balaban J connectivity index is 1.11. The third kappa shape index (κ3) is 11.5. The molecule has 372 valence electrons. The molecule has 0 spiro atoms. The van der Waals surface area contributed by atoms with Crippen LogP contribution in [0.1, 0.15) is 54.8 Å². The lowest BCUT2D eigenvalue weighted by Gasteiger charge is -2.39. The maximum Gasteiger partial charge on any atom is 0.311 e. The van der Waals surface area contributed by atoms with Crippen molar-refractivity contribution < 1.29 is 12.9 Å². The smallest absolute Gasteiger partial charge is 0.311 e. The molecular weight excluding hydrogens is 957 g/mol. The van der Waals surface area contributed by atoms with E-state index in [1.807, 2.05) is 0 Å². The summed E-state index contributed by atoms with van der Waals surface area (Å²) in [6.07, 6.45) is -0.405. The zero-order valence-corrected chi connectivity index (χ0v) is 49.1. The van der Waals surface area contributed by atoms with Crippen LogP contribution in [0.2, 0.25) is 64.5 Å². The van der Waals surface area contributed by atoms with E-state index in [0.717, 1.165) is 74.1 Å². The number of imidazole rings is 1. The minimum atomic E-state index is -2.46. The number of aryl methyl sites for hydroxylation is 1. The van der Waals surface area contributed by atoms with Gasteiger partial charge in [-0.2, -0.15) is 0 Å². The van der Waals surface area contributed by atoms with E-state index in [0.29, 0.717) is 0 Å². The van der Waals surface area contributed by atoms with Crippen LogP contribution in [0.15, 0.2) is 199 Å². The fourth-order valence-corrected chi connectivity index (χ4v) is 29.3. The molecule has 0 saturated carbocycles. The number of aromatic nitrogens is 2. The summed E-state index contributed by atoms with van der Waals surface area (Å²) in [7, 11) is -8.72. The first-order valence-corrected chi connectivity index (χ1v) is 38.0. The van der Waals surface area contributed by atoms with Gasteiger partial charge < -0.3 is 8.23 Å². The molecule has 0 amide bonds. The molecule has 0 aliphatic carbocycles. The fourth-order valence-electron chi connectivity index (χ4n) is 10.4. The molecule has 0 N–H and O–H groups in total. The molecule has 1 atom stereocenters. The molecule has 1 aliphatic rings. The van der Waals surface area contributed by atoms with Crippen molar-refractivity contribution in [3.63, 3.8) is 0 Å². The average molecular weight is 1030 g/mol. The maximum atomic E-state index is 7.23. The highest BCUT2D eigenvalue weighted by molar-refractivity contribution is 6.94. The zero-order valence-electron chi connectivity index (χ0n) is 45.1. The molecule has 2 heterocycles. The van der Waals surface area contributed by atoms with Crippen LogP contribution in [0.3, 0.4) is 0 Å². The van der Waals surface area contributed by atoms with Crippen molar-refractivity contribution in [2.75, 3.05) is 0 Å². The molecule has 1 unspecified atom stereocenters. The van der Waals surface area contributed by atoms with Gasteiger partial charge in [0.1, 0.15) is 17.1 Å². The lowest BCUT2D eigenvalue weighted by molar-refractivity contribution is -0.617. The number of rotatable bonds is 16. The Kier molecular flexibility index (Phi) is 14.6. The van der Waals surface area contributed by atoms with Gasteiger partial charge in [0.2, 0.25) is 14.1 Å². The van der Waals surface area contributed by atoms with Gasteiger partial charge in [-0.15, -0.1) is 0 Å². The molecule has 7 aromatic carbocycles. The molecule has 1 aromatic heterocycles. The number of aliphatic imine (C=N–C) groups is 1. The van der Waals surface area contributed by atoms with E-state index < -0.39 is 39.4 Å². The summed E-state index contributed by atoms with van der Waals surface area (Å²) in [6, 6.07) is 72.4. The zero-order chi connectivity index (χ0) is 51.8. The Morgan fingerprint density at radius 2 is 1.03 bits per heavy atom. The van der Waals surface area contributed by atoms with Crippen LogP contribution < -0.4 is 10.4 Å². The van der Waals surface area contributed by atoms with Gasteiger partial charge in [0, 0.05) is 27.8 Å². The van der Waals surface area contributed by atoms with Gasteiger partial charge in [0.25, 0.3) is 5.71 Å². The minimum absolute atomic E-state index is 0.120. The summed E-state index contributed by atoms with van der Waals surface area (Å²) in [5, 5.41) is 2.75. The second kappa shape index (κ2) is 20.7. The van der Waals surface area contributed by atoms with Crippen molar-refractivity contribution in [1.82, 2.24) is 9.66 Å². The van der Waals surface area contributed by atoms with E-state index in [1.165, 1.54) is 21.5 Å². The van der Waals surface area contributed by atoms with Gasteiger partial charge in [0.15, 0.2) is 8.32 Å². The second-order valence-electron chi connectivity index (χ2n) is 23.0. The first kappa shape index (κ1) is 51.8. The van der Waals surface area contributed by atoms with E-state index in [1.54, 1.807) is 0 Å². The number of nitrogens with zero attached hydrogens (tertiary/aromatic N) is 4. The van der Waals surface area contributed by atoms with Gasteiger partial charge in [-0.1, -0.05) is 230 Å². The Bertz CT molecular complexity index is 3230. The van der Waals surface area contributed by atoms with Crippen LogP contribution in [0.5, 0.6) is 0 Å². The van der Waals surface area contributed by atoms with Crippen molar-refractivity contribution in [2.45, 2.75) is 104 Å². The highest BCUT2D eigenvalue weighted by Gasteiger charge is 2.45. The molecule has 9 rings (SSSR count). The molecule has 8 aromatic rings. The predicted octanol–water partition coefficient (Wildman–Crippen LogP) is 14.9. The summed E-state index contributed by atoms with van der Waals surface area (Å²) in [4.78, 5) is 11.5. The molecule has 0 bridgehead atoms. The Morgan fingerprint density at radius 3 is 1.58 bits per heavy atom. The van der Waals surface area contributed by atoms with Crippen LogP contribution in [-0.2, 0) is 13.6 Å². The Morgan fingerprint density at radius 1 is 0.521 bits per heavy atom. The van der Waals surface area contributed by atoms with E-state index in [2.05, 4.69) is 284 Å². The number of hydrogen-bond donors (Lipinski definition) is 0. The van der Waals surface area contributed by atoms with Crippen molar-refractivity contribution in [2.24, 2.45) is 4.99 Å². The van der Waals surface area contributed by atoms with E-state index in [9.17, 15) is 0 Å². The van der Waals surface area contributed by atoms with Crippen LogP contribution in [-0.4, -0.2) is 59.0 Å². The van der Waals surface area contributed by atoms with E-state index in [4.69, 9.17) is 18.2 Å². The SMILES string of the molecule is Cc1ccc(C2N=C(c3ccccc3)C(c3ccccc3)=[N+]2n2c(-c3ccc([Si](C)(C)CC[Si](C)(C)O[Si](C)(C)O[Si](C)(C)c4ccc(C(C)(C)C)cc4)cc3)nc(-c3ccccc3)c2-c2ccccc2)cc1. The van der Waals surface area contributed by atoms with E-state index in [-0.39, 0.29) is 5.41 Å². The molecule has 10 heteroatoms. The third-order valence-corrected chi connectivity index (χ3v) is 29.6. The predicted molar refractivity (Wildman–Crippen MR) is 318 cm³/mol. The number of hydrogen-bond acceptors (Lipinski definition) is 4. The lowest BCUT2D eigenvalue weighted by Crippen LogP contribution is -2.57. The topological polar surface area (TPSA) is 51.6 Å². The van der Waals surface area contributed by atoms with Gasteiger partial charge in [-0.3, -0.25) is 0 Å². The fraction of sp³-hybridized carbons (Fsp3) is 0.254. The third-order valence-electron chi connectivity index (χ3n) is 14.3. The summed E-state index contributed by atoms with van der Waals surface area (Å²) < 4.78 is 19.2. The van der Waals surface area contributed by atoms with E-state index >= 15 is 0 Å². The second-order valence-corrected chi connectivity index (χ2v) is 39.9. The Hall–Kier alpha value is -6.12. The van der Waals surface area contributed by atoms with Crippen molar-refractivity contribution >= 4 is 55.1 Å². The minimum Gasteiger partial charge on any atom is -0.437 e. The van der Waals surface area contributed by atoms with Crippen molar-refractivity contribution in [3.05, 3.63) is 222 Å². The summed E-state index contributed by atoms with van der Waals surface area (Å²) in [6.45, 7) is 28.0. The summed E-state index contributed by atoms with van der Waals surface area (Å²) in [5.41, 5.74) is 12.9. The average Bonchev–Trinajstić information content (AvgIpc) is 3.96. The summed E-state index contributed by atoms with van der Waals surface area (Å²) >= 11 is 0. The van der Waals surface area contributed by atoms with Crippen molar-refractivity contribution in [1.29, 1.82) is 0 Å². The highest BCUT2D eigenvalue weighted by atomic mass is 28.5. The van der Waals surface area contributed by atoms with Crippen LogP contribution in [0.25, 0.3) is 33.9 Å². The van der Waals surface area contributed by atoms with Gasteiger partial charge >= 0.3 is 14.7 Å². The van der Waals surface area contributed by atoms with Crippen molar-refractivity contribution in [3.8, 4) is 33.9 Å². The monoisotopic (exact) mass is 1030 g/mol. The molecular formula is C63H73N4O2Si4+. The van der Waals surface area contributed by atoms with Gasteiger partial charge in [-0.25, -0.2) is 9.98 Å². The van der Waals surface area contributed by atoms with Gasteiger partial charge in [-0.05, 0) is 92.7 Å². The first-order valence-electron chi connectivity index (χ1n) is 26.0. The molecule has 0 saturated heterocycles. The normalized spacial score (nSPS) is 14.7. The molecule has 6 nitrogen and oxygen atoms in total. The standard InChI is InChI=1S/C63H73N4O2Si4/c1-47-33-35-52(36-34-47)61-64-57(48-25-17-13-18-26-48)59(50-29-21-15-22-30-50)66(61)67-60(51-31-23-16-24-32-51)58(49-27-19-14-20-28-49)65-62(67)53-37-41-55(42-38-53)70(5,6)45-46-71(7,8)68-73(11,12)69-72(9,10)56-43-39-54(40-44-56)63(2,3)4/h13-44,61H,45-46H2,1-12H3/q+1. The molecule has 0 fully saturated rings. The quantitative estimate of drug-likeness (QED) is 0.0716. The van der Waals surface area contributed by atoms with Crippen LogP contribution in [0, 0.1) is 6.92 Å². The molecule has 0 radical (unpaired) electrons. The molecule has 73 heavy (non-hydrogen) atoms. The van der Waals surface area contributed by atoms with Crippen LogP contribution >= 0.6 is 0 Å². The lowest BCUT2D eigenvalue weighted by atomic mass is 9.87. The first-order chi connectivity index (χ1) is 34.7.